The first-order valence-corrected chi connectivity index (χ1v) is 13.9. The number of aliphatic hydroxyl groups excluding tert-OH is 2. The molecule has 4 fully saturated rings. The number of fused-ring (bicyclic) bond motifs is 5. The first-order chi connectivity index (χ1) is 15.6. The zero-order valence-electron chi connectivity index (χ0n) is 22.8. The number of epoxide rings is 1. The first-order valence-electron chi connectivity index (χ1n) is 13.9. The van der Waals surface area contributed by atoms with E-state index in [4.69, 9.17) is 4.74 Å². The van der Waals surface area contributed by atoms with E-state index in [2.05, 4.69) is 55.4 Å². The van der Waals surface area contributed by atoms with Crippen LogP contribution >= 0.6 is 0 Å². The third-order valence-corrected chi connectivity index (χ3v) is 12.2. The van der Waals surface area contributed by atoms with Gasteiger partial charge in [-0.05, 0) is 92.8 Å². The van der Waals surface area contributed by atoms with Crippen LogP contribution in [0.1, 0.15) is 107 Å². The van der Waals surface area contributed by atoms with Crippen LogP contribution in [0.5, 0.6) is 0 Å². The molecule has 0 unspecified atom stereocenters. The summed E-state index contributed by atoms with van der Waals surface area (Å²) in [6.45, 7) is 18.0. The minimum absolute atomic E-state index is 0.00216. The molecule has 1 heterocycles. The molecule has 0 aromatic heterocycles. The van der Waals surface area contributed by atoms with Crippen LogP contribution in [-0.4, -0.2) is 39.9 Å². The normalized spacial score (nSPS) is 48.6. The lowest BCUT2D eigenvalue weighted by atomic mass is 9.36. The molecule has 1 aliphatic heterocycles. The average Bonchev–Trinajstić information content (AvgIpc) is 3.23. The van der Waals surface area contributed by atoms with Gasteiger partial charge >= 0.3 is 0 Å². The van der Waals surface area contributed by atoms with E-state index in [9.17, 15) is 15.0 Å². The standard InChI is InChI=1S/C30H48O4/c1-17(15-21(32)25-27(4,5)34-25)18-9-13-29(7)19(18)16-20(31)24-28(6)12-11-23(33)26(2,3)22(28)10-14-30(24,29)8/h17,20-22,24-25,31-32H,9-16H2,1-8H3/t17-,20+,21+,22-,24+,25-,28+,29+,30+/m1/s1. The Labute approximate surface area is 206 Å². The second-order valence-corrected chi connectivity index (χ2v) is 14.6. The first kappa shape index (κ1) is 25.0. The summed E-state index contributed by atoms with van der Waals surface area (Å²) in [7, 11) is 0. The highest BCUT2D eigenvalue weighted by atomic mass is 16.6. The molecule has 9 atom stereocenters. The predicted octanol–water partition coefficient (Wildman–Crippen LogP) is 5.84. The molecular formula is C30H48O4. The van der Waals surface area contributed by atoms with E-state index in [0.717, 1.165) is 44.9 Å². The van der Waals surface area contributed by atoms with Crippen molar-refractivity contribution in [2.45, 2.75) is 131 Å². The number of Topliss-reactive ketones (excluding diaryl/α,β-unsaturated/α-hetero) is 1. The minimum atomic E-state index is -0.432. The molecule has 3 saturated carbocycles. The van der Waals surface area contributed by atoms with Gasteiger partial charge in [0.05, 0.1) is 17.8 Å². The van der Waals surface area contributed by atoms with Gasteiger partial charge in [-0.25, -0.2) is 0 Å². The number of rotatable bonds is 4. The molecule has 0 spiro atoms. The van der Waals surface area contributed by atoms with Gasteiger partial charge in [-0.15, -0.1) is 0 Å². The Balaban J connectivity index is 1.47. The minimum Gasteiger partial charge on any atom is -0.392 e. The van der Waals surface area contributed by atoms with E-state index in [1.807, 2.05) is 0 Å². The Morgan fingerprint density at radius 1 is 1.03 bits per heavy atom. The lowest BCUT2D eigenvalue weighted by molar-refractivity contribution is -0.208. The van der Waals surface area contributed by atoms with Crippen LogP contribution < -0.4 is 0 Å². The number of ketones is 1. The second kappa shape index (κ2) is 7.42. The number of hydrogen-bond donors (Lipinski definition) is 2. The van der Waals surface area contributed by atoms with E-state index in [0.29, 0.717) is 24.0 Å². The van der Waals surface area contributed by atoms with Crippen molar-refractivity contribution in [1.29, 1.82) is 0 Å². The van der Waals surface area contributed by atoms with Crippen LogP contribution in [-0.2, 0) is 9.53 Å². The van der Waals surface area contributed by atoms with Gasteiger partial charge < -0.3 is 14.9 Å². The molecule has 0 aromatic carbocycles. The van der Waals surface area contributed by atoms with E-state index in [1.165, 1.54) is 11.1 Å². The predicted molar refractivity (Wildman–Crippen MR) is 134 cm³/mol. The molecule has 192 valence electrons. The summed E-state index contributed by atoms with van der Waals surface area (Å²) >= 11 is 0. The third-order valence-electron chi connectivity index (χ3n) is 12.2. The molecule has 0 radical (unpaired) electrons. The van der Waals surface area contributed by atoms with Gasteiger partial charge in [0.1, 0.15) is 11.9 Å². The van der Waals surface area contributed by atoms with Crippen molar-refractivity contribution >= 4 is 5.78 Å². The van der Waals surface area contributed by atoms with Crippen molar-refractivity contribution in [2.75, 3.05) is 0 Å². The Bertz CT molecular complexity index is 917. The van der Waals surface area contributed by atoms with Crippen LogP contribution in [0, 0.1) is 39.4 Å². The van der Waals surface area contributed by atoms with Crippen molar-refractivity contribution in [3.8, 4) is 0 Å². The Morgan fingerprint density at radius 3 is 2.29 bits per heavy atom. The highest BCUT2D eigenvalue weighted by molar-refractivity contribution is 5.85. The number of carbonyl (C=O) groups is 1. The fraction of sp³-hybridized carbons (Fsp3) is 0.900. The molecule has 0 amide bonds. The quantitative estimate of drug-likeness (QED) is 0.398. The molecule has 4 nitrogen and oxygen atoms in total. The summed E-state index contributed by atoms with van der Waals surface area (Å²) < 4.78 is 5.72. The summed E-state index contributed by atoms with van der Waals surface area (Å²) in [6, 6.07) is 0. The van der Waals surface area contributed by atoms with Gasteiger partial charge in [-0.1, -0.05) is 52.7 Å². The molecule has 4 heteroatoms. The van der Waals surface area contributed by atoms with E-state index in [-0.39, 0.29) is 45.4 Å². The SMILES string of the molecule is C[C@H](C[C@H](O)[C@H]1OC1(C)C)C1=C2C[C@H](O)[C@H]3[C@@]4(C)CCC(=O)C(C)(C)[C@H]4CC[C@]3(C)[C@@]2(C)CC1. The van der Waals surface area contributed by atoms with Gasteiger partial charge in [-0.3, -0.25) is 4.79 Å². The summed E-state index contributed by atoms with van der Waals surface area (Å²) in [4.78, 5) is 12.9. The highest BCUT2D eigenvalue weighted by Gasteiger charge is 2.69. The Kier molecular flexibility index (Phi) is 5.44. The average molecular weight is 473 g/mol. The van der Waals surface area contributed by atoms with Crippen LogP contribution in [0.4, 0.5) is 0 Å². The number of allylic oxidation sites excluding steroid dienone is 1. The zero-order valence-corrected chi connectivity index (χ0v) is 22.8. The maximum atomic E-state index is 12.9. The summed E-state index contributed by atoms with van der Waals surface area (Å²) in [5.41, 5.74) is 2.59. The Morgan fingerprint density at radius 2 is 1.68 bits per heavy atom. The third kappa shape index (κ3) is 3.16. The smallest absolute Gasteiger partial charge is 0.138 e. The van der Waals surface area contributed by atoms with E-state index >= 15 is 0 Å². The fourth-order valence-electron chi connectivity index (χ4n) is 10.1. The van der Waals surface area contributed by atoms with Crippen LogP contribution in [0.2, 0.25) is 0 Å². The van der Waals surface area contributed by atoms with Gasteiger partial charge in [-0.2, -0.15) is 0 Å². The van der Waals surface area contributed by atoms with Gasteiger partial charge in [0, 0.05) is 11.8 Å². The lowest BCUT2D eigenvalue weighted by Crippen LogP contribution is -2.65. The van der Waals surface area contributed by atoms with Gasteiger partial charge in [0.2, 0.25) is 0 Å². The highest BCUT2D eigenvalue weighted by Crippen LogP contribution is 2.74. The molecule has 0 aromatic rings. The maximum absolute atomic E-state index is 12.9. The van der Waals surface area contributed by atoms with Gasteiger partial charge in [0.25, 0.3) is 0 Å². The molecule has 5 rings (SSSR count). The molecule has 0 bridgehead atoms. The number of ether oxygens (including phenoxy) is 1. The maximum Gasteiger partial charge on any atom is 0.138 e. The fourth-order valence-corrected chi connectivity index (χ4v) is 10.1. The van der Waals surface area contributed by atoms with Crippen molar-refractivity contribution < 1.29 is 19.7 Å². The molecule has 2 N–H and O–H groups in total. The topological polar surface area (TPSA) is 70.1 Å². The lowest BCUT2D eigenvalue weighted by Gasteiger charge is -2.69. The largest absolute Gasteiger partial charge is 0.392 e. The summed E-state index contributed by atoms with van der Waals surface area (Å²) in [6.07, 6.45) is 6.59. The zero-order chi connectivity index (χ0) is 25.1. The van der Waals surface area contributed by atoms with Crippen molar-refractivity contribution in [3.63, 3.8) is 0 Å². The van der Waals surface area contributed by atoms with Crippen LogP contribution in [0.25, 0.3) is 0 Å². The summed E-state index contributed by atoms with van der Waals surface area (Å²) in [5, 5.41) is 22.6. The van der Waals surface area contributed by atoms with Crippen LogP contribution in [0.3, 0.4) is 0 Å². The molecule has 4 aliphatic carbocycles. The number of carbonyl (C=O) groups excluding carboxylic acids is 1. The monoisotopic (exact) mass is 472 g/mol. The van der Waals surface area contributed by atoms with Crippen molar-refractivity contribution in [3.05, 3.63) is 11.1 Å². The van der Waals surface area contributed by atoms with Crippen molar-refractivity contribution in [1.82, 2.24) is 0 Å². The van der Waals surface area contributed by atoms with Crippen molar-refractivity contribution in [2.24, 2.45) is 39.4 Å². The number of hydrogen-bond acceptors (Lipinski definition) is 4. The Hall–Kier alpha value is -0.710. The summed E-state index contributed by atoms with van der Waals surface area (Å²) in [5.74, 6) is 1.28. The number of aliphatic hydroxyl groups is 2. The molecule has 1 saturated heterocycles. The molecular weight excluding hydrogens is 424 g/mol. The molecule has 34 heavy (non-hydrogen) atoms. The van der Waals surface area contributed by atoms with E-state index in [1.54, 1.807) is 0 Å². The molecule has 5 aliphatic rings. The van der Waals surface area contributed by atoms with E-state index < -0.39 is 6.10 Å². The second-order valence-electron chi connectivity index (χ2n) is 14.6. The van der Waals surface area contributed by atoms with Crippen LogP contribution in [0.15, 0.2) is 11.1 Å². The van der Waals surface area contributed by atoms with Gasteiger partial charge in [0.15, 0.2) is 0 Å².